The van der Waals surface area contributed by atoms with Crippen molar-refractivity contribution in [2.75, 3.05) is 44.7 Å². The molecule has 0 bridgehead atoms. The summed E-state index contributed by atoms with van der Waals surface area (Å²) in [5.41, 5.74) is 0.766. The minimum absolute atomic E-state index is 0.0170. The van der Waals surface area contributed by atoms with Crippen LogP contribution in [0.4, 0.5) is 5.69 Å². The number of hydrogen-bond donors (Lipinski definition) is 1. The fraction of sp³-hybridized carbons (Fsp3) is 0.391. The number of benzene rings is 2. The summed E-state index contributed by atoms with van der Waals surface area (Å²) in [6.07, 6.45) is 3.02. The summed E-state index contributed by atoms with van der Waals surface area (Å²) in [6.45, 7) is 2.52. The van der Waals surface area contributed by atoms with Gasteiger partial charge in [0.1, 0.15) is 0 Å². The van der Waals surface area contributed by atoms with Gasteiger partial charge in [0.05, 0.1) is 39.9 Å². The van der Waals surface area contributed by atoms with Crippen molar-refractivity contribution >= 4 is 39.1 Å². The number of likely N-dealkylation sites (tertiary alicyclic amines) is 1. The van der Waals surface area contributed by atoms with Crippen LogP contribution in [0.3, 0.4) is 0 Å². The maximum absolute atomic E-state index is 13.1. The monoisotopic (exact) mass is 491 g/mol. The van der Waals surface area contributed by atoms with Crippen molar-refractivity contribution in [3.63, 3.8) is 0 Å². The molecule has 0 unspecified atom stereocenters. The summed E-state index contributed by atoms with van der Waals surface area (Å²) in [4.78, 5) is 27.9. The Hall–Kier alpha value is -2.46. The molecule has 2 aromatic carbocycles. The van der Waals surface area contributed by atoms with Crippen LogP contribution in [0, 0.1) is 0 Å². The predicted octanol–water partition coefficient (Wildman–Crippen LogP) is 3.24. The third-order valence-corrected chi connectivity index (χ3v) is 8.06. The topological polar surface area (TPSA) is 96.0 Å². The summed E-state index contributed by atoms with van der Waals surface area (Å²) in [5, 5.41) is 2.87. The first-order valence-corrected chi connectivity index (χ1v) is 12.8. The summed E-state index contributed by atoms with van der Waals surface area (Å²) in [5.74, 6) is -0.724. The lowest BCUT2D eigenvalue weighted by Gasteiger charge is -2.27. The number of morpholine rings is 1. The molecule has 2 fully saturated rings. The fourth-order valence-corrected chi connectivity index (χ4v) is 5.65. The molecule has 0 aliphatic carbocycles. The van der Waals surface area contributed by atoms with E-state index in [1.807, 2.05) is 0 Å². The van der Waals surface area contributed by atoms with E-state index in [0.29, 0.717) is 37.6 Å². The largest absolute Gasteiger partial charge is 0.379 e. The average Bonchev–Trinajstić information content (AvgIpc) is 2.85. The van der Waals surface area contributed by atoms with Gasteiger partial charge in [-0.3, -0.25) is 9.59 Å². The van der Waals surface area contributed by atoms with E-state index in [-0.39, 0.29) is 34.5 Å². The first-order valence-electron chi connectivity index (χ1n) is 10.9. The number of anilines is 1. The second-order valence-corrected chi connectivity index (χ2v) is 10.4. The summed E-state index contributed by atoms with van der Waals surface area (Å²) in [7, 11) is -3.79. The van der Waals surface area contributed by atoms with Gasteiger partial charge in [-0.25, -0.2) is 8.42 Å². The zero-order chi connectivity index (χ0) is 23.4. The predicted molar refractivity (Wildman–Crippen MR) is 125 cm³/mol. The van der Waals surface area contributed by atoms with E-state index in [1.54, 1.807) is 29.2 Å². The number of nitrogens with zero attached hydrogens (tertiary/aromatic N) is 2. The molecule has 176 valence electrons. The zero-order valence-electron chi connectivity index (χ0n) is 18.1. The van der Waals surface area contributed by atoms with Crippen LogP contribution < -0.4 is 5.32 Å². The molecule has 2 amide bonds. The van der Waals surface area contributed by atoms with Gasteiger partial charge in [-0.1, -0.05) is 23.7 Å². The van der Waals surface area contributed by atoms with E-state index in [1.165, 1.54) is 22.5 Å². The van der Waals surface area contributed by atoms with Crippen molar-refractivity contribution in [1.29, 1.82) is 0 Å². The van der Waals surface area contributed by atoms with Gasteiger partial charge in [-0.15, -0.1) is 0 Å². The van der Waals surface area contributed by atoms with Gasteiger partial charge in [0.2, 0.25) is 10.0 Å². The number of carbonyl (C=O) groups excluding carboxylic acids is 2. The van der Waals surface area contributed by atoms with E-state index in [9.17, 15) is 18.0 Å². The Morgan fingerprint density at radius 2 is 1.61 bits per heavy atom. The molecule has 10 heteroatoms. The van der Waals surface area contributed by atoms with Gasteiger partial charge in [-0.2, -0.15) is 4.31 Å². The Morgan fingerprint density at radius 3 is 2.33 bits per heavy atom. The Morgan fingerprint density at radius 1 is 0.909 bits per heavy atom. The standard InChI is InChI=1S/C23H26ClN3O5S/c24-20-9-8-17(33(30,31)27-12-14-32-15-13-27)16-19(20)22(28)25-21-7-3-2-6-18(21)23(29)26-10-4-1-5-11-26/h2-3,6-9,16H,1,4-5,10-15H2,(H,25,28). The third-order valence-electron chi connectivity index (χ3n) is 5.84. The number of hydrogen-bond acceptors (Lipinski definition) is 5. The average molecular weight is 492 g/mol. The van der Waals surface area contributed by atoms with E-state index >= 15 is 0 Å². The quantitative estimate of drug-likeness (QED) is 0.692. The maximum atomic E-state index is 13.1. The second-order valence-electron chi connectivity index (χ2n) is 8.01. The normalized spacial score (nSPS) is 17.5. The second kappa shape index (κ2) is 10.2. The van der Waals surface area contributed by atoms with Gasteiger partial charge >= 0.3 is 0 Å². The van der Waals surface area contributed by atoms with Gasteiger partial charge in [0.25, 0.3) is 11.8 Å². The number of rotatable bonds is 5. The highest BCUT2D eigenvalue weighted by atomic mass is 35.5. The van der Waals surface area contributed by atoms with Crippen molar-refractivity contribution in [3.05, 3.63) is 58.6 Å². The maximum Gasteiger partial charge on any atom is 0.257 e. The number of ether oxygens (including phenoxy) is 1. The van der Waals surface area contributed by atoms with Crippen LogP contribution in [-0.4, -0.2) is 68.8 Å². The van der Waals surface area contributed by atoms with Crippen molar-refractivity contribution in [1.82, 2.24) is 9.21 Å². The summed E-state index contributed by atoms with van der Waals surface area (Å²) in [6, 6.07) is 10.9. The van der Waals surface area contributed by atoms with E-state index < -0.39 is 15.9 Å². The van der Waals surface area contributed by atoms with Crippen LogP contribution in [0.1, 0.15) is 40.0 Å². The first-order chi connectivity index (χ1) is 15.9. The molecule has 0 saturated carbocycles. The lowest BCUT2D eigenvalue weighted by molar-refractivity contribution is 0.0725. The van der Waals surface area contributed by atoms with Gasteiger partial charge in [0.15, 0.2) is 0 Å². The van der Waals surface area contributed by atoms with E-state index in [2.05, 4.69) is 5.32 Å². The minimum atomic E-state index is -3.79. The molecule has 0 atom stereocenters. The lowest BCUT2D eigenvalue weighted by Crippen LogP contribution is -2.40. The molecule has 0 spiro atoms. The lowest BCUT2D eigenvalue weighted by atomic mass is 10.1. The highest BCUT2D eigenvalue weighted by Gasteiger charge is 2.28. The molecule has 8 nitrogen and oxygen atoms in total. The molecule has 2 aromatic rings. The van der Waals surface area contributed by atoms with Crippen LogP contribution in [0.5, 0.6) is 0 Å². The van der Waals surface area contributed by atoms with Crippen molar-refractivity contribution in [3.8, 4) is 0 Å². The summed E-state index contributed by atoms with van der Waals surface area (Å²) < 4.78 is 32.5. The molecule has 1 N–H and O–H groups in total. The number of nitrogens with one attached hydrogen (secondary N) is 1. The Balaban J connectivity index is 1.58. The van der Waals surface area contributed by atoms with Crippen LogP contribution in [-0.2, 0) is 14.8 Å². The summed E-state index contributed by atoms with van der Waals surface area (Å²) >= 11 is 6.25. The number of para-hydroxylation sites is 1. The molecule has 2 heterocycles. The molecule has 0 radical (unpaired) electrons. The van der Waals surface area contributed by atoms with Gasteiger partial charge < -0.3 is 15.0 Å². The van der Waals surface area contributed by atoms with E-state index in [4.69, 9.17) is 16.3 Å². The minimum Gasteiger partial charge on any atom is -0.379 e. The van der Waals surface area contributed by atoms with Gasteiger partial charge in [-0.05, 0) is 49.6 Å². The molecule has 4 rings (SSSR count). The molecule has 2 aliphatic heterocycles. The number of amides is 2. The molecular formula is C23H26ClN3O5S. The number of carbonyl (C=O) groups is 2. The first kappa shape index (κ1) is 23.7. The Bertz CT molecular complexity index is 1140. The Kier molecular flexibility index (Phi) is 7.33. The van der Waals surface area contributed by atoms with Crippen molar-refractivity contribution < 1.29 is 22.7 Å². The fourth-order valence-electron chi connectivity index (χ4n) is 4.01. The highest BCUT2D eigenvalue weighted by Crippen LogP contribution is 2.26. The smallest absolute Gasteiger partial charge is 0.257 e. The number of sulfonamides is 1. The van der Waals surface area contributed by atoms with E-state index in [0.717, 1.165) is 19.3 Å². The molecule has 33 heavy (non-hydrogen) atoms. The van der Waals surface area contributed by atoms with Crippen molar-refractivity contribution in [2.45, 2.75) is 24.2 Å². The Labute approximate surface area is 198 Å². The molecule has 2 aliphatic rings. The van der Waals surface area contributed by atoms with Crippen LogP contribution in [0.25, 0.3) is 0 Å². The van der Waals surface area contributed by atoms with Crippen LogP contribution in [0.15, 0.2) is 47.4 Å². The third kappa shape index (κ3) is 5.22. The van der Waals surface area contributed by atoms with Crippen LogP contribution in [0.2, 0.25) is 5.02 Å². The zero-order valence-corrected chi connectivity index (χ0v) is 19.7. The highest BCUT2D eigenvalue weighted by molar-refractivity contribution is 7.89. The van der Waals surface area contributed by atoms with Crippen molar-refractivity contribution in [2.24, 2.45) is 0 Å². The molecule has 2 saturated heterocycles. The SMILES string of the molecule is O=C(Nc1ccccc1C(=O)N1CCCCC1)c1cc(S(=O)(=O)N2CCOCC2)ccc1Cl. The van der Waals surface area contributed by atoms with Gasteiger partial charge in [0, 0.05) is 26.2 Å². The number of halogens is 1. The number of piperidine rings is 1. The molecular weight excluding hydrogens is 466 g/mol. The molecule has 0 aromatic heterocycles. The van der Waals surface area contributed by atoms with Crippen LogP contribution >= 0.6 is 11.6 Å².